The highest BCUT2D eigenvalue weighted by molar-refractivity contribution is 7.53. The Kier molecular flexibility index (Phi) is 20.1. The summed E-state index contributed by atoms with van der Waals surface area (Å²) in [5.41, 5.74) is 4.73. The van der Waals surface area contributed by atoms with Crippen molar-refractivity contribution in [1.29, 1.82) is 0 Å². The Morgan fingerprint density at radius 3 is 1.87 bits per heavy atom. The van der Waals surface area contributed by atoms with Gasteiger partial charge in [0, 0.05) is 13.2 Å². The summed E-state index contributed by atoms with van der Waals surface area (Å²) in [7, 11) is -3.81. The highest BCUT2D eigenvalue weighted by Gasteiger charge is 2.28. The molecule has 0 saturated heterocycles. The average molecular weight is 452 g/mol. The standard InChI is InChI=1S/C22H46NO6P/c1-3-4-5-6-7-8-9-10-11-12-13-14-15-16-27-18-22(28-20-24)19-29-30(25,26)21(2)17-23/h20-22H,3-19,23H2,1-2H3,(H,25,26). The normalized spacial score (nSPS) is 15.5. The molecular weight excluding hydrogens is 405 g/mol. The van der Waals surface area contributed by atoms with Crippen LogP contribution in [-0.2, 0) is 23.4 Å². The SMILES string of the molecule is CCCCCCCCCCCCCCCOCC(COP(=O)(O)C(C)CN)OC=O. The Morgan fingerprint density at radius 2 is 1.40 bits per heavy atom. The lowest BCUT2D eigenvalue weighted by Crippen LogP contribution is -2.27. The van der Waals surface area contributed by atoms with Gasteiger partial charge in [0.1, 0.15) is 6.10 Å². The Hall–Kier alpha value is -0.460. The summed E-state index contributed by atoms with van der Waals surface area (Å²) in [4.78, 5) is 20.4. The van der Waals surface area contributed by atoms with E-state index in [-0.39, 0.29) is 19.8 Å². The van der Waals surface area contributed by atoms with Crippen LogP contribution < -0.4 is 5.73 Å². The number of hydrogen-bond acceptors (Lipinski definition) is 6. The second-order valence-corrected chi connectivity index (χ2v) is 10.4. The molecule has 0 aliphatic rings. The molecule has 0 heterocycles. The van der Waals surface area contributed by atoms with Crippen molar-refractivity contribution in [2.45, 2.75) is 109 Å². The molecule has 0 aromatic carbocycles. The van der Waals surface area contributed by atoms with Gasteiger partial charge in [-0.3, -0.25) is 9.36 Å². The van der Waals surface area contributed by atoms with Gasteiger partial charge in [-0.25, -0.2) is 0 Å². The van der Waals surface area contributed by atoms with Gasteiger partial charge in [0.25, 0.3) is 6.47 Å². The minimum atomic E-state index is -3.81. The van der Waals surface area contributed by atoms with E-state index >= 15 is 0 Å². The summed E-state index contributed by atoms with van der Waals surface area (Å²) >= 11 is 0. The minimum Gasteiger partial charge on any atom is -0.460 e. The first-order chi connectivity index (χ1) is 14.5. The minimum absolute atomic E-state index is 0.0442. The maximum atomic E-state index is 11.9. The fraction of sp³-hybridized carbons (Fsp3) is 0.955. The van der Waals surface area contributed by atoms with E-state index in [2.05, 4.69) is 6.92 Å². The van der Waals surface area contributed by atoms with Crippen LogP contribution in [0.2, 0.25) is 0 Å². The molecule has 0 aromatic heterocycles. The van der Waals surface area contributed by atoms with Gasteiger partial charge >= 0.3 is 7.60 Å². The van der Waals surface area contributed by atoms with Crippen molar-refractivity contribution in [3.63, 3.8) is 0 Å². The molecule has 0 saturated carbocycles. The van der Waals surface area contributed by atoms with Crippen LogP contribution in [0.1, 0.15) is 97.3 Å². The lowest BCUT2D eigenvalue weighted by atomic mass is 10.0. The van der Waals surface area contributed by atoms with E-state index in [1.54, 1.807) is 6.92 Å². The molecule has 3 unspecified atom stereocenters. The molecule has 180 valence electrons. The largest absolute Gasteiger partial charge is 0.460 e. The zero-order valence-electron chi connectivity index (χ0n) is 19.3. The summed E-state index contributed by atoms with van der Waals surface area (Å²) in [5, 5.41) is 0. The van der Waals surface area contributed by atoms with Crippen molar-refractivity contribution >= 4 is 14.1 Å². The van der Waals surface area contributed by atoms with Crippen LogP contribution in [0.3, 0.4) is 0 Å². The van der Waals surface area contributed by atoms with Gasteiger partial charge in [-0.1, -0.05) is 84.0 Å². The monoisotopic (exact) mass is 451 g/mol. The summed E-state index contributed by atoms with van der Waals surface area (Å²) in [6.07, 6.45) is 16.1. The van der Waals surface area contributed by atoms with Gasteiger partial charge in [0.05, 0.1) is 18.9 Å². The maximum absolute atomic E-state index is 11.9. The molecule has 8 heteroatoms. The molecule has 3 atom stereocenters. The van der Waals surface area contributed by atoms with Gasteiger partial charge < -0.3 is 24.6 Å². The smallest absolute Gasteiger partial charge is 0.332 e. The summed E-state index contributed by atoms with van der Waals surface area (Å²) in [6.45, 7) is 4.68. The molecule has 7 nitrogen and oxygen atoms in total. The predicted molar refractivity (Wildman–Crippen MR) is 122 cm³/mol. The van der Waals surface area contributed by atoms with Gasteiger partial charge in [0.2, 0.25) is 0 Å². The van der Waals surface area contributed by atoms with Crippen molar-refractivity contribution in [1.82, 2.24) is 0 Å². The zero-order valence-corrected chi connectivity index (χ0v) is 20.2. The molecule has 0 aliphatic carbocycles. The molecule has 0 bridgehead atoms. The molecule has 0 spiro atoms. The van der Waals surface area contributed by atoms with Crippen molar-refractivity contribution in [2.24, 2.45) is 5.73 Å². The Labute approximate surface area is 184 Å². The van der Waals surface area contributed by atoms with Crippen LogP contribution in [0.5, 0.6) is 0 Å². The van der Waals surface area contributed by atoms with Gasteiger partial charge in [-0.2, -0.15) is 0 Å². The lowest BCUT2D eigenvalue weighted by Gasteiger charge is -2.21. The molecule has 0 fully saturated rings. The third-order valence-electron chi connectivity index (χ3n) is 5.29. The number of hydrogen-bond donors (Lipinski definition) is 2. The number of carbonyl (C=O) groups excluding carboxylic acids is 1. The van der Waals surface area contributed by atoms with Crippen molar-refractivity contribution in [2.75, 3.05) is 26.4 Å². The van der Waals surface area contributed by atoms with Crippen molar-refractivity contribution in [3.05, 3.63) is 0 Å². The zero-order chi connectivity index (χ0) is 22.5. The number of nitrogens with two attached hydrogens (primary N) is 1. The highest BCUT2D eigenvalue weighted by atomic mass is 31.2. The molecule has 0 rings (SSSR count). The number of carbonyl (C=O) groups is 1. The predicted octanol–water partition coefficient (Wildman–Crippen LogP) is 5.19. The molecule has 3 N–H and O–H groups in total. The molecule has 0 aromatic rings. The third kappa shape index (κ3) is 17.2. The second kappa shape index (κ2) is 20.4. The first kappa shape index (κ1) is 29.5. The molecule has 0 radical (unpaired) electrons. The van der Waals surface area contributed by atoms with Crippen LogP contribution in [0.25, 0.3) is 0 Å². The van der Waals surface area contributed by atoms with Crippen molar-refractivity contribution in [3.8, 4) is 0 Å². The lowest BCUT2D eigenvalue weighted by molar-refractivity contribution is -0.138. The average Bonchev–Trinajstić information content (AvgIpc) is 2.74. The van der Waals surface area contributed by atoms with Crippen LogP contribution in [0.4, 0.5) is 0 Å². The second-order valence-electron chi connectivity index (χ2n) is 8.12. The number of unbranched alkanes of at least 4 members (excludes halogenated alkanes) is 12. The number of rotatable bonds is 23. The van der Waals surface area contributed by atoms with E-state index in [0.29, 0.717) is 13.1 Å². The fourth-order valence-electron chi connectivity index (χ4n) is 3.09. The topological polar surface area (TPSA) is 108 Å². The van der Waals surface area contributed by atoms with Crippen LogP contribution in [-0.4, -0.2) is 49.5 Å². The van der Waals surface area contributed by atoms with E-state index in [9.17, 15) is 14.3 Å². The van der Waals surface area contributed by atoms with E-state index in [0.717, 1.165) is 12.8 Å². The van der Waals surface area contributed by atoms with E-state index in [1.165, 1.54) is 70.6 Å². The Bertz CT molecular complexity index is 438. The number of ether oxygens (including phenoxy) is 2. The van der Waals surface area contributed by atoms with E-state index in [4.69, 9.17) is 19.7 Å². The quantitative estimate of drug-likeness (QED) is 0.125. The van der Waals surface area contributed by atoms with Gasteiger partial charge in [0.15, 0.2) is 0 Å². The first-order valence-electron chi connectivity index (χ1n) is 11.8. The summed E-state index contributed by atoms with van der Waals surface area (Å²) < 4.78 is 27.4. The summed E-state index contributed by atoms with van der Waals surface area (Å²) in [5.74, 6) is 0. The van der Waals surface area contributed by atoms with Gasteiger partial charge in [-0.05, 0) is 13.3 Å². The Balaban J connectivity index is 3.59. The molecule has 30 heavy (non-hydrogen) atoms. The molecule has 0 amide bonds. The fourth-order valence-corrected chi connectivity index (χ4v) is 3.99. The van der Waals surface area contributed by atoms with Crippen LogP contribution in [0, 0.1) is 0 Å². The summed E-state index contributed by atoms with van der Waals surface area (Å²) in [6, 6.07) is 0. The van der Waals surface area contributed by atoms with E-state index < -0.39 is 19.4 Å². The molecular formula is C22H46NO6P. The first-order valence-corrected chi connectivity index (χ1v) is 13.5. The molecule has 0 aliphatic heterocycles. The maximum Gasteiger partial charge on any atom is 0.332 e. The van der Waals surface area contributed by atoms with Gasteiger partial charge in [-0.15, -0.1) is 0 Å². The van der Waals surface area contributed by atoms with Crippen LogP contribution in [0.15, 0.2) is 0 Å². The van der Waals surface area contributed by atoms with Crippen molar-refractivity contribution < 1.29 is 28.3 Å². The third-order valence-corrected chi connectivity index (χ3v) is 7.13. The van der Waals surface area contributed by atoms with Crippen LogP contribution >= 0.6 is 7.60 Å². The Morgan fingerprint density at radius 1 is 0.900 bits per heavy atom. The van der Waals surface area contributed by atoms with E-state index in [1.807, 2.05) is 0 Å². The highest BCUT2D eigenvalue weighted by Crippen LogP contribution is 2.46.